The Morgan fingerprint density at radius 3 is 2.52 bits per heavy atom. The van der Waals surface area contributed by atoms with Crippen LogP contribution in [0.15, 0.2) is 54.9 Å². The molecule has 0 amide bonds. The van der Waals surface area contributed by atoms with Crippen LogP contribution in [0.4, 0.5) is 32.3 Å². The summed E-state index contributed by atoms with van der Waals surface area (Å²) in [5.41, 5.74) is -0.965. The van der Waals surface area contributed by atoms with Gasteiger partial charge in [0.05, 0.1) is 10.9 Å². The molecular formula is C22H14F6N4O. The second-order valence-corrected chi connectivity index (χ2v) is 6.87. The van der Waals surface area contributed by atoms with Gasteiger partial charge in [0.2, 0.25) is 11.8 Å². The molecule has 4 rings (SSSR count). The van der Waals surface area contributed by atoms with Gasteiger partial charge in [0.25, 0.3) is 0 Å². The van der Waals surface area contributed by atoms with Crippen molar-refractivity contribution >= 4 is 16.9 Å². The molecule has 0 atom stereocenters. The Labute approximate surface area is 183 Å². The number of rotatable bonds is 6. The minimum absolute atomic E-state index is 0.0213. The standard InChI is InChI=1S/C22H14F6N4O/c23-15-4-5-16(24)20-14(15)11-31-21(32-20)30-8-6-12-2-1-3-17(19(12)25)33-18-10-13(7-9-29-18)22(26,27)28/h1-5,7,9-11H,6,8H2,(H,30,31,32). The minimum atomic E-state index is -4.59. The Kier molecular flexibility index (Phi) is 6.03. The molecule has 0 spiro atoms. The number of nitrogens with zero attached hydrogens (tertiary/aromatic N) is 3. The summed E-state index contributed by atoms with van der Waals surface area (Å²) < 4.78 is 86.1. The fourth-order valence-electron chi connectivity index (χ4n) is 3.03. The van der Waals surface area contributed by atoms with Gasteiger partial charge >= 0.3 is 6.18 Å². The van der Waals surface area contributed by atoms with E-state index in [9.17, 15) is 26.3 Å². The van der Waals surface area contributed by atoms with Crippen molar-refractivity contribution < 1.29 is 31.1 Å². The van der Waals surface area contributed by atoms with Crippen molar-refractivity contribution in [3.05, 3.63) is 83.4 Å². The molecule has 2 aromatic heterocycles. The van der Waals surface area contributed by atoms with E-state index >= 15 is 0 Å². The van der Waals surface area contributed by atoms with Crippen molar-refractivity contribution in [3.63, 3.8) is 0 Å². The number of alkyl halides is 3. The summed E-state index contributed by atoms with van der Waals surface area (Å²) in [6, 6.07) is 7.59. The van der Waals surface area contributed by atoms with Crippen molar-refractivity contribution in [2.24, 2.45) is 0 Å². The summed E-state index contributed by atoms with van der Waals surface area (Å²) in [6.07, 6.45) is -2.42. The molecule has 33 heavy (non-hydrogen) atoms. The van der Waals surface area contributed by atoms with Gasteiger partial charge in [-0.15, -0.1) is 0 Å². The average molecular weight is 464 g/mol. The lowest BCUT2D eigenvalue weighted by atomic mass is 10.1. The van der Waals surface area contributed by atoms with Gasteiger partial charge in [-0.25, -0.2) is 28.1 Å². The predicted octanol–water partition coefficient (Wildman–Crippen LogP) is 5.91. The van der Waals surface area contributed by atoms with Crippen LogP contribution in [0, 0.1) is 17.5 Å². The van der Waals surface area contributed by atoms with E-state index in [1.807, 2.05) is 0 Å². The molecule has 0 saturated carbocycles. The van der Waals surface area contributed by atoms with Crippen LogP contribution in [0.25, 0.3) is 10.9 Å². The monoisotopic (exact) mass is 464 g/mol. The zero-order valence-corrected chi connectivity index (χ0v) is 16.6. The van der Waals surface area contributed by atoms with E-state index in [0.717, 1.165) is 30.6 Å². The lowest BCUT2D eigenvalue weighted by molar-refractivity contribution is -0.137. The van der Waals surface area contributed by atoms with Crippen LogP contribution in [-0.2, 0) is 12.6 Å². The first-order valence-corrected chi connectivity index (χ1v) is 9.55. The summed E-state index contributed by atoms with van der Waals surface area (Å²) in [6.45, 7) is 0.130. The first kappa shape index (κ1) is 22.3. The van der Waals surface area contributed by atoms with Crippen LogP contribution < -0.4 is 10.1 Å². The van der Waals surface area contributed by atoms with Crippen molar-refractivity contribution in [1.29, 1.82) is 0 Å². The van der Waals surface area contributed by atoms with Crippen LogP contribution in [-0.4, -0.2) is 21.5 Å². The summed E-state index contributed by atoms with van der Waals surface area (Å²) >= 11 is 0. The first-order valence-electron chi connectivity index (χ1n) is 9.55. The molecule has 11 heteroatoms. The van der Waals surface area contributed by atoms with E-state index in [0.29, 0.717) is 6.07 Å². The fraction of sp³-hybridized carbons (Fsp3) is 0.136. The fourth-order valence-corrected chi connectivity index (χ4v) is 3.03. The summed E-state index contributed by atoms with van der Waals surface area (Å²) in [7, 11) is 0. The zero-order valence-electron chi connectivity index (χ0n) is 16.6. The Hall–Kier alpha value is -3.89. The van der Waals surface area contributed by atoms with E-state index in [1.165, 1.54) is 18.2 Å². The zero-order chi connectivity index (χ0) is 23.6. The Morgan fingerprint density at radius 2 is 1.73 bits per heavy atom. The smallest absolute Gasteiger partial charge is 0.416 e. The number of nitrogens with one attached hydrogen (secondary N) is 1. The molecule has 5 nitrogen and oxygen atoms in total. The van der Waals surface area contributed by atoms with Gasteiger partial charge in [-0.2, -0.15) is 13.2 Å². The van der Waals surface area contributed by atoms with E-state index in [4.69, 9.17) is 4.74 Å². The lowest BCUT2D eigenvalue weighted by Crippen LogP contribution is -2.09. The van der Waals surface area contributed by atoms with E-state index in [-0.39, 0.29) is 41.1 Å². The Balaban J connectivity index is 1.45. The van der Waals surface area contributed by atoms with Gasteiger partial charge in [-0.1, -0.05) is 12.1 Å². The molecule has 0 aliphatic rings. The van der Waals surface area contributed by atoms with Gasteiger partial charge in [0.1, 0.15) is 17.2 Å². The maximum Gasteiger partial charge on any atom is 0.416 e. The van der Waals surface area contributed by atoms with Gasteiger partial charge < -0.3 is 10.1 Å². The maximum atomic E-state index is 14.8. The van der Waals surface area contributed by atoms with Gasteiger partial charge in [0, 0.05) is 25.0 Å². The number of aromatic nitrogens is 3. The molecule has 0 unspecified atom stereocenters. The number of halogens is 6. The van der Waals surface area contributed by atoms with Crippen LogP contribution >= 0.6 is 0 Å². The number of anilines is 1. The number of hydrogen-bond acceptors (Lipinski definition) is 5. The quantitative estimate of drug-likeness (QED) is 0.360. The second kappa shape index (κ2) is 8.93. The van der Waals surface area contributed by atoms with E-state index in [2.05, 4.69) is 20.3 Å². The molecular weight excluding hydrogens is 450 g/mol. The SMILES string of the molecule is Fc1c(CCNc2ncc3c(F)ccc(F)c3n2)cccc1Oc1cc(C(F)(F)F)ccn1. The van der Waals surface area contributed by atoms with E-state index in [1.54, 1.807) is 0 Å². The average Bonchev–Trinajstić information content (AvgIpc) is 2.78. The summed E-state index contributed by atoms with van der Waals surface area (Å²) in [5.74, 6) is -2.82. The molecule has 0 aliphatic heterocycles. The molecule has 0 radical (unpaired) electrons. The van der Waals surface area contributed by atoms with Crippen molar-refractivity contribution in [3.8, 4) is 11.6 Å². The molecule has 1 N–H and O–H groups in total. The number of pyridine rings is 1. The Bertz CT molecular complexity index is 1310. The van der Waals surface area contributed by atoms with Crippen LogP contribution in [0.5, 0.6) is 11.6 Å². The van der Waals surface area contributed by atoms with Crippen molar-refractivity contribution in [2.45, 2.75) is 12.6 Å². The van der Waals surface area contributed by atoms with Gasteiger partial charge in [0.15, 0.2) is 11.6 Å². The third-order valence-corrected chi connectivity index (χ3v) is 4.65. The highest BCUT2D eigenvalue weighted by molar-refractivity contribution is 5.79. The summed E-state index contributed by atoms with van der Waals surface area (Å²) in [4.78, 5) is 11.5. The normalized spacial score (nSPS) is 11.6. The second-order valence-electron chi connectivity index (χ2n) is 6.87. The molecule has 0 fully saturated rings. The highest BCUT2D eigenvalue weighted by Crippen LogP contribution is 2.32. The van der Waals surface area contributed by atoms with Crippen LogP contribution in [0.2, 0.25) is 0 Å². The maximum absolute atomic E-state index is 14.8. The van der Waals surface area contributed by atoms with Crippen molar-refractivity contribution in [2.75, 3.05) is 11.9 Å². The molecule has 0 bridgehead atoms. The van der Waals surface area contributed by atoms with Gasteiger partial charge in [-0.05, 0) is 36.2 Å². The Morgan fingerprint density at radius 1 is 0.939 bits per heavy atom. The van der Waals surface area contributed by atoms with Crippen molar-refractivity contribution in [1.82, 2.24) is 15.0 Å². The highest BCUT2D eigenvalue weighted by atomic mass is 19.4. The van der Waals surface area contributed by atoms with E-state index < -0.39 is 35.1 Å². The minimum Gasteiger partial charge on any atom is -0.436 e. The van der Waals surface area contributed by atoms with Crippen LogP contribution in [0.1, 0.15) is 11.1 Å². The molecule has 2 aromatic carbocycles. The number of fused-ring (bicyclic) bond motifs is 1. The predicted molar refractivity (Wildman–Crippen MR) is 107 cm³/mol. The lowest BCUT2D eigenvalue weighted by Gasteiger charge is -2.12. The molecule has 4 aromatic rings. The topological polar surface area (TPSA) is 59.9 Å². The third-order valence-electron chi connectivity index (χ3n) is 4.65. The number of ether oxygens (including phenoxy) is 1. The first-order chi connectivity index (χ1) is 15.7. The molecule has 0 saturated heterocycles. The summed E-state index contributed by atoms with van der Waals surface area (Å²) in [5, 5.41) is 2.73. The molecule has 2 heterocycles. The largest absolute Gasteiger partial charge is 0.436 e. The van der Waals surface area contributed by atoms with Crippen LogP contribution in [0.3, 0.4) is 0 Å². The molecule has 170 valence electrons. The highest BCUT2D eigenvalue weighted by Gasteiger charge is 2.31. The van der Waals surface area contributed by atoms with Gasteiger partial charge in [-0.3, -0.25) is 0 Å². The number of hydrogen-bond donors (Lipinski definition) is 1. The number of benzene rings is 2. The third kappa shape index (κ3) is 4.97. The molecule has 0 aliphatic carbocycles.